The van der Waals surface area contributed by atoms with Gasteiger partial charge < -0.3 is 5.32 Å². The average Bonchev–Trinajstić information content (AvgIpc) is 2.85. The summed E-state index contributed by atoms with van der Waals surface area (Å²) in [6, 6.07) is 23.9. The monoisotopic (exact) mass is 472 g/mol. The molecule has 34 heavy (non-hydrogen) atoms. The predicted molar refractivity (Wildman–Crippen MR) is 134 cm³/mol. The Balaban J connectivity index is 1.46. The third-order valence-corrected chi connectivity index (χ3v) is 6.15. The molecule has 0 aliphatic rings. The van der Waals surface area contributed by atoms with Crippen molar-refractivity contribution < 1.29 is 9.59 Å². The Morgan fingerprint density at radius 2 is 1.62 bits per heavy atom. The highest BCUT2D eigenvalue weighted by molar-refractivity contribution is 7.99. The standard InChI is InChI=1S/C26H24N4O3S/c1-18-11-13-20(14-12-18)16-30-24(32)21-9-5-6-10-22(21)28-26(30)34-17-23(31)29-25(33)27-15-19-7-3-2-4-8-19/h2-14H,15-17H2,1H3,(H2,27,29,31,33). The number of nitrogens with one attached hydrogen (secondary N) is 2. The van der Waals surface area contributed by atoms with Gasteiger partial charge in [0, 0.05) is 6.54 Å². The van der Waals surface area contributed by atoms with Gasteiger partial charge in [-0.3, -0.25) is 19.5 Å². The summed E-state index contributed by atoms with van der Waals surface area (Å²) in [5.41, 5.74) is 3.41. The zero-order valence-corrected chi connectivity index (χ0v) is 19.5. The molecule has 0 unspecified atom stereocenters. The Bertz CT molecular complexity index is 1370. The molecule has 0 radical (unpaired) electrons. The van der Waals surface area contributed by atoms with Crippen molar-refractivity contribution in [2.24, 2.45) is 0 Å². The molecule has 0 fully saturated rings. The van der Waals surface area contributed by atoms with Crippen molar-refractivity contribution in [3.8, 4) is 0 Å². The van der Waals surface area contributed by atoms with Crippen LogP contribution >= 0.6 is 11.8 Å². The second kappa shape index (κ2) is 10.8. The van der Waals surface area contributed by atoms with Gasteiger partial charge in [0.05, 0.1) is 23.2 Å². The van der Waals surface area contributed by atoms with Crippen LogP contribution in [0.3, 0.4) is 0 Å². The van der Waals surface area contributed by atoms with Crippen molar-refractivity contribution in [1.82, 2.24) is 20.2 Å². The minimum absolute atomic E-state index is 0.0581. The summed E-state index contributed by atoms with van der Waals surface area (Å²) >= 11 is 1.12. The summed E-state index contributed by atoms with van der Waals surface area (Å²) in [6.07, 6.45) is 0. The van der Waals surface area contributed by atoms with Gasteiger partial charge in [-0.05, 0) is 30.2 Å². The van der Waals surface area contributed by atoms with Crippen molar-refractivity contribution in [3.63, 3.8) is 0 Å². The molecule has 0 bridgehead atoms. The first-order valence-corrected chi connectivity index (χ1v) is 11.8. The summed E-state index contributed by atoms with van der Waals surface area (Å²) in [6.45, 7) is 2.65. The number of amides is 3. The molecular formula is C26H24N4O3S. The first kappa shape index (κ1) is 23.3. The summed E-state index contributed by atoms with van der Waals surface area (Å²) in [5.74, 6) is -0.530. The van der Waals surface area contributed by atoms with E-state index in [9.17, 15) is 14.4 Å². The molecule has 0 spiro atoms. The minimum Gasteiger partial charge on any atom is -0.334 e. The van der Waals surface area contributed by atoms with Crippen LogP contribution in [0.25, 0.3) is 10.9 Å². The van der Waals surface area contributed by atoms with Crippen molar-refractivity contribution in [2.45, 2.75) is 25.2 Å². The van der Waals surface area contributed by atoms with Gasteiger partial charge in [-0.2, -0.15) is 0 Å². The van der Waals surface area contributed by atoms with Crippen LogP contribution in [-0.4, -0.2) is 27.2 Å². The number of hydrogen-bond acceptors (Lipinski definition) is 5. The molecule has 7 nitrogen and oxygen atoms in total. The number of urea groups is 1. The number of thioether (sulfide) groups is 1. The lowest BCUT2D eigenvalue weighted by molar-refractivity contribution is -0.117. The summed E-state index contributed by atoms with van der Waals surface area (Å²) in [5, 5.41) is 5.92. The largest absolute Gasteiger partial charge is 0.334 e. The van der Waals surface area contributed by atoms with Crippen LogP contribution in [0.2, 0.25) is 0 Å². The van der Waals surface area contributed by atoms with Gasteiger partial charge in [-0.1, -0.05) is 84.1 Å². The molecule has 0 saturated heterocycles. The molecule has 4 rings (SSSR count). The smallest absolute Gasteiger partial charge is 0.321 e. The van der Waals surface area contributed by atoms with Gasteiger partial charge in [0.15, 0.2) is 5.16 Å². The zero-order chi connectivity index (χ0) is 23.9. The molecule has 0 atom stereocenters. The quantitative estimate of drug-likeness (QED) is 0.315. The fourth-order valence-corrected chi connectivity index (χ4v) is 4.19. The lowest BCUT2D eigenvalue weighted by Gasteiger charge is -2.13. The fourth-order valence-electron chi connectivity index (χ4n) is 3.39. The van der Waals surface area contributed by atoms with E-state index in [4.69, 9.17) is 0 Å². The molecule has 1 aromatic heterocycles. The minimum atomic E-state index is -0.571. The lowest BCUT2D eigenvalue weighted by Crippen LogP contribution is -2.40. The van der Waals surface area contributed by atoms with E-state index in [1.54, 1.807) is 22.8 Å². The molecule has 0 aliphatic carbocycles. The SMILES string of the molecule is Cc1ccc(Cn2c(SCC(=O)NC(=O)NCc3ccccc3)nc3ccccc3c2=O)cc1. The summed E-state index contributed by atoms with van der Waals surface area (Å²) in [7, 11) is 0. The van der Waals surface area contributed by atoms with Crippen molar-refractivity contribution in [3.05, 3.63) is 106 Å². The van der Waals surface area contributed by atoms with E-state index < -0.39 is 11.9 Å². The Hall–Kier alpha value is -3.91. The third-order valence-electron chi connectivity index (χ3n) is 5.17. The van der Waals surface area contributed by atoms with E-state index >= 15 is 0 Å². The third kappa shape index (κ3) is 5.90. The second-order valence-electron chi connectivity index (χ2n) is 7.79. The van der Waals surface area contributed by atoms with Crippen LogP contribution in [0.1, 0.15) is 16.7 Å². The lowest BCUT2D eigenvalue weighted by atomic mass is 10.1. The Kier molecular flexibility index (Phi) is 7.39. The molecule has 3 aromatic carbocycles. The van der Waals surface area contributed by atoms with E-state index in [-0.39, 0.29) is 11.3 Å². The molecule has 4 aromatic rings. The molecule has 0 aliphatic heterocycles. The van der Waals surface area contributed by atoms with E-state index in [1.807, 2.05) is 67.6 Å². The maximum atomic E-state index is 13.2. The zero-order valence-electron chi connectivity index (χ0n) is 18.7. The molecule has 3 amide bonds. The second-order valence-corrected chi connectivity index (χ2v) is 8.74. The van der Waals surface area contributed by atoms with E-state index in [1.165, 1.54) is 0 Å². The first-order chi connectivity index (χ1) is 16.5. The van der Waals surface area contributed by atoms with Gasteiger partial charge in [-0.15, -0.1) is 0 Å². The maximum Gasteiger partial charge on any atom is 0.321 e. The van der Waals surface area contributed by atoms with Gasteiger partial charge in [-0.25, -0.2) is 9.78 Å². The maximum absolute atomic E-state index is 13.2. The van der Waals surface area contributed by atoms with Crippen molar-refractivity contribution in [1.29, 1.82) is 0 Å². The number of hydrogen-bond donors (Lipinski definition) is 2. The van der Waals surface area contributed by atoms with Crippen LogP contribution in [0.15, 0.2) is 88.8 Å². The number of para-hydroxylation sites is 1. The van der Waals surface area contributed by atoms with Crippen molar-refractivity contribution in [2.75, 3.05) is 5.75 Å². The van der Waals surface area contributed by atoms with Crippen LogP contribution in [-0.2, 0) is 17.9 Å². The molecule has 1 heterocycles. The number of carbonyl (C=O) groups excluding carboxylic acids is 2. The van der Waals surface area contributed by atoms with Crippen LogP contribution in [0.5, 0.6) is 0 Å². The fraction of sp³-hybridized carbons (Fsp3) is 0.154. The van der Waals surface area contributed by atoms with E-state index in [2.05, 4.69) is 15.6 Å². The molecule has 2 N–H and O–H groups in total. The molecule has 0 saturated carbocycles. The molecule has 8 heteroatoms. The van der Waals surface area contributed by atoms with Crippen LogP contribution in [0, 0.1) is 6.92 Å². The highest BCUT2D eigenvalue weighted by Crippen LogP contribution is 2.19. The predicted octanol–water partition coefficient (Wildman–Crippen LogP) is 3.87. The van der Waals surface area contributed by atoms with Crippen LogP contribution in [0.4, 0.5) is 4.79 Å². The van der Waals surface area contributed by atoms with Crippen LogP contribution < -0.4 is 16.2 Å². The highest BCUT2D eigenvalue weighted by Gasteiger charge is 2.15. The number of aryl methyl sites for hydroxylation is 1. The normalized spacial score (nSPS) is 10.7. The number of imide groups is 1. The number of benzene rings is 3. The number of rotatable bonds is 7. The molecule has 172 valence electrons. The van der Waals surface area contributed by atoms with Gasteiger partial charge in [0.25, 0.3) is 5.56 Å². The van der Waals surface area contributed by atoms with Gasteiger partial charge in [0.1, 0.15) is 0 Å². The number of carbonyl (C=O) groups is 2. The number of fused-ring (bicyclic) bond motifs is 1. The topological polar surface area (TPSA) is 93.1 Å². The first-order valence-electron chi connectivity index (χ1n) is 10.8. The Morgan fingerprint density at radius 3 is 2.38 bits per heavy atom. The van der Waals surface area contributed by atoms with E-state index in [0.29, 0.717) is 29.1 Å². The van der Waals surface area contributed by atoms with Crippen molar-refractivity contribution >= 4 is 34.6 Å². The Morgan fingerprint density at radius 1 is 0.912 bits per heavy atom. The molecular weight excluding hydrogens is 448 g/mol. The number of aromatic nitrogens is 2. The Labute approximate surface area is 201 Å². The highest BCUT2D eigenvalue weighted by atomic mass is 32.2. The van der Waals surface area contributed by atoms with Gasteiger partial charge in [0.2, 0.25) is 5.91 Å². The number of nitrogens with zero attached hydrogens (tertiary/aromatic N) is 2. The van der Waals surface area contributed by atoms with Gasteiger partial charge >= 0.3 is 6.03 Å². The summed E-state index contributed by atoms with van der Waals surface area (Å²) < 4.78 is 1.57. The van der Waals surface area contributed by atoms with E-state index in [0.717, 1.165) is 28.5 Å². The average molecular weight is 473 g/mol. The summed E-state index contributed by atoms with van der Waals surface area (Å²) in [4.78, 5) is 42.3.